The standard InChI is InChI=1S/C20H16N4O2S/c1-26-20(25)18-23-15-13-8-9-14(12-6-3-2-4-7-12)22-19(13)27-16(15)17-21-10-5-11-24(17)18/h2-4,6-9H,5,10-11H2,1H3. The van der Waals surface area contributed by atoms with Gasteiger partial charge in [0.1, 0.15) is 10.7 Å². The summed E-state index contributed by atoms with van der Waals surface area (Å²) in [7, 11) is 1.38. The van der Waals surface area contributed by atoms with Gasteiger partial charge in [-0.25, -0.2) is 14.8 Å². The lowest BCUT2D eigenvalue weighted by Crippen LogP contribution is -2.46. The summed E-state index contributed by atoms with van der Waals surface area (Å²) in [5, 5.41) is 0.934. The van der Waals surface area contributed by atoms with Gasteiger partial charge in [-0.2, -0.15) is 0 Å². The lowest BCUT2D eigenvalue weighted by Gasteiger charge is -2.31. The molecule has 2 aliphatic rings. The molecule has 0 unspecified atom stereocenters. The largest absolute Gasteiger partial charge is 0.463 e. The number of pyridine rings is 1. The van der Waals surface area contributed by atoms with Crippen molar-refractivity contribution >= 4 is 44.9 Å². The van der Waals surface area contributed by atoms with Gasteiger partial charge in [-0.15, -0.1) is 11.3 Å². The van der Waals surface area contributed by atoms with Crippen LogP contribution in [0, 0.1) is 0 Å². The predicted octanol–water partition coefficient (Wildman–Crippen LogP) is 3.63. The molecule has 0 amide bonds. The Labute approximate surface area is 159 Å². The van der Waals surface area contributed by atoms with Crippen LogP contribution >= 0.6 is 11.3 Å². The zero-order valence-electron chi connectivity index (χ0n) is 14.7. The molecule has 3 aromatic rings. The molecule has 5 rings (SSSR count). The van der Waals surface area contributed by atoms with Gasteiger partial charge in [-0.3, -0.25) is 4.99 Å². The number of carbonyl (C=O) groups excluding carboxylic acids is 1. The van der Waals surface area contributed by atoms with E-state index in [1.54, 1.807) is 11.3 Å². The van der Waals surface area contributed by atoms with Gasteiger partial charge in [-0.1, -0.05) is 30.3 Å². The van der Waals surface area contributed by atoms with Crippen molar-refractivity contribution in [3.63, 3.8) is 0 Å². The summed E-state index contributed by atoms with van der Waals surface area (Å²) in [6, 6.07) is 14.1. The Morgan fingerprint density at radius 2 is 2.04 bits per heavy atom. The number of hydrogen-bond donors (Lipinski definition) is 0. The second-order valence-electron chi connectivity index (χ2n) is 6.33. The lowest BCUT2D eigenvalue weighted by molar-refractivity contribution is -0.133. The number of rotatable bonds is 2. The normalized spacial score (nSPS) is 15.7. The highest BCUT2D eigenvalue weighted by Crippen LogP contribution is 2.42. The van der Waals surface area contributed by atoms with Crippen molar-refractivity contribution in [1.82, 2.24) is 9.88 Å². The van der Waals surface area contributed by atoms with Crippen molar-refractivity contribution in [3.05, 3.63) is 47.3 Å². The molecule has 6 nitrogen and oxygen atoms in total. The van der Waals surface area contributed by atoms with E-state index >= 15 is 0 Å². The molecule has 0 spiro atoms. The van der Waals surface area contributed by atoms with Gasteiger partial charge in [0, 0.05) is 24.0 Å². The van der Waals surface area contributed by atoms with Crippen LogP contribution in [0.25, 0.3) is 21.5 Å². The van der Waals surface area contributed by atoms with E-state index in [1.807, 2.05) is 47.4 Å². The van der Waals surface area contributed by atoms with Gasteiger partial charge in [0.25, 0.3) is 0 Å². The van der Waals surface area contributed by atoms with Crippen molar-refractivity contribution < 1.29 is 9.53 Å². The number of thiophene rings is 1. The van der Waals surface area contributed by atoms with Crippen LogP contribution in [0.15, 0.2) is 52.4 Å². The first-order valence-electron chi connectivity index (χ1n) is 8.74. The van der Waals surface area contributed by atoms with Crippen molar-refractivity contribution in [2.24, 2.45) is 9.98 Å². The van der Waals surface area contributed by atoms with E-state index in [0.29, 0.717) is 12.4 Å². The van der Waals surface area contributed by atoms with Gasteiger partial charge in [0.2, 0.25) is 5.84 Å². The molecule has 7 heteroatoms. The van der Waals surface area contributed by atoms with E-state index in [-0.39, 0.29) is 0 Å². The van der Waals surface area contributed by atoms with Crippen LogP contribution in [0.2, 0.25) is 0 Å². The van der Waals surface area contributed by atoms with Crippen molar-refractivity contribution in [1.29, 1.82) is 0 Å². The van der Waals surface area contributed by atoms with E-state index in [0.717, 1.165) is 50.8 Å². The third-order valence-corrected chi connectivity index (χ3v) is 5.78. The maximum absolute atomic E-state index is 12.3. The van der Waals surface area contributed by atoms with Crippen LogP contribution in [0.5, 0.6) is 0 Å². The Kier molecular flexibility index (Phi) is 3.75. The molecule has 0 saturated carbocycles. The molecule has 1 aromatic carbocycles. The summed E-state index contributed by atoms with van der Waals surface area (Å²) in [5.74, 6) is 0.662. The van der Waals surface area contributed by atoms with Gasteiger partial charge < -0.3 is 9.64 Å². The van der Waals surface area contributed by atoms with Crippen LogP contribution in [0.4, 0.5) is 5.69 Å². The fraction of sp³-hybridized carbons (Fsp3) is 0.200. The summed E-state index contributed by atoms with van der Waals surface area (Å²) >= 11 is 1.57. The number of ether oxygens (including phenoxy) is 1. The fourth-order valence-corrected chi connectivity index (χ4v) is 4.55. The maximum Gasteiger partial charge on any atom is 0.374 e. The predicted molar refractivity (Wildman–Crippen MR) is 107 cm³/mol. The second-order valence-corrected chi connectivity index (χ2v) is 7.33. The Hall–Kier alpha value is -3.06. The van der Waals surface area contributed by atoms with Crippen LogP contribution in [0.1, 0.15) is 11.3 Å². The number of esters is 1. The fourth-order valence-electron chi connectivity index (χ4n) is 3.42. The number of aromatic nitrogens is 1. The first-order chi connectivity index (χ1) is 13.3. The number of nitrogens with zero attached hydrogens (tertiary/aromatic N) is 4. The second kappa shape index (κ2) is 6.28. The molecular weight excluding hydrogens is 360 g/mol. The third kappa shape index (κ3) is 2.54. The zero-order chi connectivity index (χ0) is 18.4. The van der Waals surface area contributed by atoms with Crippen molar-refractivity contribution in [2.45, 2.75) is 6.42 Å². The van der Waals surface area contributed by atoms with Crippen LogP contribution in [-0.2, 0) is 9.53 Å². The van der Waals surface area contributed by atoms with E-state index in [2.05, 4.69) is 9.98 Å². The zero-order valence-corrected chi connectivity index (χ0v) is 15.5. The summed E-state index contributed by atoms with van der Waals surface area (Å²) in [6.45, 7) is 1.46. The number of methoxy groups -OCH3 is 1. The van der Waals surface area contributed by atoms with Gasteiger partial charge >= 0.3 is 5.97 Å². The van der Waals surface area contributed by atoms with Crippen LogP contribution in [-0.4, -0.2) is 47.7 Å². The van der Waals surface area contributed by atoms with Gasteiger partial charge in [0.05, 0.1) is 23.4 Å². The average molecular weight is 376 g/mol. The quantitative estimate of drug-likeness (QED) is 0.641. The molecule has 4 heterocycles. The summed E-state index contributed by atoms with van der Waals surface area (Å²) < 4.78 is 4.94. The van der Waals surface area contributed by atoms with E-state index < -0.39 is 5.97 Å². The molecule has 0 aliphatic carbocycles. The highest BCUT2D eigenvalue weighted by molar-refractivity contribution is 7.21. The minimum Gasteiger partial charge on any atom is -0.463 e. The number of aliphatic imine (C=N–C) groups is 2. The number of hydrogen-bond acceptors (Lipinski definition) is 7. The minimum atomic E-state index is -0.441. The summed E-state index contributed by atoms with van der Waals surface area (Å²) in [5.41, 5.74) is 2.75. The molecule has 0 atom stereocenters. The van der Waals surface area contributed by atoms with Crippen molar-refractivity contribution in [3.8, 4) is 11.3 Å². The molecule has 2 aromatic heterocycles. The van der Waals surface area contributed by atoms with Gasteiger partial charge in [-0.05, 0) is 18.6 Å². The Balaban J connectivity index is 1.71. The number of benzene rings is 1. The minimum absolute atomic E-state index is 0.301. The molecule has 0 bridgehead atoms. The smallest absolute Gasteiger partial charge is 0.374 e. The monoisotopic (exact) mass is 376 g/mol. The topological polar surface area (TPSA) is 67.1 Å². The molecule has 2 aliphatic heterocycles. The molecule has 0 radical (unpaired) electrons. The van der Waals surface area contributed by atoms with E-state index in [4.69, 9.17) is 9.72 Å². The van der Waals surface area contributed by atoms with Crippen LogP contribution < -0.4 is 0 Å². The van der Waals surface area contributed by atoms with Gasteiger partial charge in [0.15, 0.2) is 0 Å². The third-order valence-electron chi connectivity index (χ3n) is 4.70. The van der Waals surface area contributed by atoms with Crippen LogP contribution in [0.3, 0.4) is 0 Å². The first-order valence-corrected chi connectivity index (χ1v) is 9.56. The number of amidine groups is 2. The van der Waals surface area contributed by atoms with Crippen molar-refractivity contribution in [2.75, 3.05) is 20.2 Å². The summed E-state index contributed by atoms with van der Waals surface area (Å²) in [6.07, 6.45) is 0.885. The lowest BCUT2D eigenvalue weighted by atomic mass is 10.1. The molecular formula is C20H16N4O2S. The molecule has 27 heavy (non-hydrogen) atoms. The highest BCUT2D eigenvalue weighted by atomic mass is 32.1. The Bertz CT molecular complexity index is 1120. The Morgan fingerprint density at radius 3 is 2.85 bits per heavy atom. The maximum atomic E-state index is 12.3. The number of fused-ring (bicyclic) bond motifs is 5. The van der Waals surface area contributed by atoms with E-state index in [9.17, 15) is 4.79 Å². The highest BCUT2D eigenvalue weighted by Gasteiger charge is 2.35. The molecule has 134 valence electrons. The number of carbonyl (C=O) groups is 1. The SMILES string of the molecule is COC(=O)C1=Nc2c(sc3nc(-c4ccccc4)ccc23)C2=NCCCN12. The van der Waals surface area contributed by atoms with E-state index in [1.165, 1.54) is 7.11 Å². The molecule has 0 N–H and O–H groups in total. The molecule has 0 saturated heterocycles. The first kappa shape index (κ1) is 16.1. The Morgan fingerprint density at radius 1 is 1.19 bits per heavy atom. The average Bonchev–Trinajstić information content (AvgIpc) is 3.11. The summed E-state index contributed by atoms with van der Waals surface area (Å²) in [4.78, 5) is 30.2. The molecule has 0 fully saturated rings.